The summed E-state index contributed by atoms with van der Waals surface area (Å²) in [5, 5.41) is 0. The molecular formula is C30H24B-. The van der Waals surface area contributed by atoms with Crippen LogP contribution < -0.4 is 10.9 Å². The van der Waals surface area contributed by atoms with E-state index in [1.54, 1.807) is 0 Å². The van der Waals surface area contributed by atoms with Crippen molar-refractivity contribution < 1.29 is 0 Å². The maximum atomic E-state index is 3.62. The van der Waals surface area contributed by atoms with Crippen LogP contribution in [0.15, 0.2) is 109 Å². The average Bonchev–Trinajstić information content (AvgIpc) is 2.83. The van der Waals surface area contributed by atoms with Gasteiger partial charge in [-0.1, -0.05) is 96.1 Å². The molecule has 0 fully saturated rings. The van der Waals surface area contributed by atoms with Crippen LogP contribution in [0, 0.1) is 37.3 Å². The molecule has 148 valence electrons. The van der Waals surface area contributed by atoms with Crippen molar-refractivity contribution in [3.8, 4) is 23.5 Å². The van der Waals surface area contributed by atoms with Crippen LogP contribution in [0.1, 0.15) is 22.3 Å². The molecular weight excluding hydrogens is 371 g/mol. The smallest absolute Gasteiger partial charge is 0.191 e. The Morgan fingerprint density at radius 3 is 1.16 bits per heavy atom. The Hall–Kier alpha value is -3.94. The van der Waals surface area contributed by atoms with Crippen molar-refractivity contribution in [1.29, 1.82) is 0 Å². The Balaban J connectivity index is 1.93. The molecule has 0 heterocycles. The molecule has 0 bridgehead atoms. The Morgan fingerprint density at radius 1 is 0.452 bits per heavy atom. The summed E-state index contributed by atoms with van der Waals surface area (Å²) in [5.74, 6) is 14.1. The van der Waals surface area contributed by atoms with Gasteiger partial charge in [-0.05, 0) is 38.1 Å². The second-order valence-corrected chi connectivity index (χ2v) is 7.96. The van der Waals surface area contributed by atoms with Gasteiger partial charge in [0.1, 0.15) is 0 Å². The Kier molecular flexibility index (Phi) is 6.07. The summed E-state index contributed by atoms with van der Waals surface area (Å²) in [7, 11) is 0. The number of hydrogen-bond donors (Lipinski definition) is 0. The fraction of sp³-hybridized carbons (Fsp3) is 0.0667. The average molecular weight is 395 g/mol. The molecule has 0 spiro atoms. The first kappa shape index (κ1) is 20.3. The van der Waals surface area contributed by atoms with Gasteiger partial charge in [-0.2, -0.15) is 10.9 Å². The van der Waals surface area contributed by atoms with Gasteiger partial charge >= 0.3 is 0 Å². The summed E-state index contributed by atoms with van der Waals surface area (Å²) in [6.45, 7) is 4.18. The molecule has 4 rings (SSSR count). The Morgan fingerprint density at radius 2 is 0.806 bits per heavy atom. The zero-order valence-electron chi connectivity index (χ0n) is 18.0. The third-order valence-electron chi connectivity index (χ3n) is 5.57. The van der Waals surface area contributed by atoms with E-state index in [-0.39, 0.29) is 0 Å². The van der Waals surface area contributed by atoms with Gasteiger partial charge in [-0.3, -0.25) is 11.6 Å². The third-order valence-corrected chi connectivity index (χ3v) is 5.57. The van der Waals surface area contributed by atoms with E-state index in [1.807, 2.05) is 12.1 Å². The molecule has 0 amide bonds. The topological polar surface area (TPSA) is 0 Å². The molecule has 0 aliphatic carbocycles. The summed E-state index contributed by atoms with van der Waals surface area (Å²) >= 11 is 0. The molecule has 0 aromatic heterocycles. The largest absolute Gasteiger partial charge is 0.282 e. The minimum atomic E-state index is -1.60. The van der Waals surface area contributed by atoms with E-state index >= 15 is 0 Å². The number of benzene rings is 4. The quantitative estimate of drug-likeness (QED) is 0.329. The third kappa shape index (κ3) is 4.80. The minimum Gasteiger partial charge on any atom is -0.282 e. The van der Waals surface area contributed by atoms with Crippen molar-refractivity contribution in [2.24, 2.45) is 0 Å². The lowest BCUT2D eigenvalue weighted by Crippen LogP contribution is -2.57. The zero-order chi connectivity index (χ0) is 21.5. The highest BCUT2D eigenvalue weighted by atomic mass is 14.0. The highest BCUT2D eigenvalue weighted by Gasteiger charge is 2.23. The van der Waals surface area contributed by atoms with Crippen LogP contribution in [0.3, 0.4) is 0 Å². The van der Waals surface area contributed by atoms with E-state index in [4.69, 9.17) is 0 Å². The van der Waals surface area contributed by atoms with Crippen molar-refractivity contribution >= 4 is 17.1 Å². The monoisotopic (exact) mass is 395 g/mol. The minimum absolute atomic E-state index is 1.00. The van der Waals surface area contributed by atoms with Gasteiger partial charge in [0.15, 0.2) is 6.15 Å². The highest BCUT2D eigenvalue weighted by molar-refractivity contribution is 7.13. The van der Waals surface area contributed by atoms with Crippen LogP contribution in [0.5, 0.6) is 0 Å². The molecule has 0 saturated heterocycles. The van der Waals surface area contributed by atoms with Crippen LogP contribution in [0.2, 0.25) is 0 Å². The van der Waals surface area contributed by atoms with Crippen LogP contribution in [-0.2, 0) is 0 Å². The molecule has 1 heteroatoms. The lowest BCUT2D eigenvalue weighted by molar-refractivity contribution is 1.46. The molecule has 0 N–H and O–H groups in total. The van der Waals surface area contributed by atoms with E-state index in [0.29, 0.717) is 0 Å². The molecule has 0 nitrogen and oxygen atoms in total. The number of rotatable bonds is 2. The molecule has 0 saturated carbocycles. The summed E-state index contributed by atoms with van der Waals surface area (Å²) < 4.78 is 0. The lowest BCUT2D eigenvalue weighted by atomic mass is 9.19. The molecule has 0 aliphatic rings. The molecule has 0 atom stereocenters. The molecule has 0 radical (unpaired) electrons. The van der Waals surface area contributed by atoms with Crippen LogP contribution in [0.4, 0.5) is 0 Å². The predicted octanol–water partition coefficient (Wildman–Crippen LogP) is 5.05. The van der Waals surface area contributed by atoms with Crippen molar-refractivity contribution in [3.05, 3.63) is 131 Å². The van der Waals surface area contributed by atoms with Crippen LogP contribution in [-0.4, -0.2) is 6.15 Å². The normalized spacial score (nSPS) is 10.4. The van der Waals surface area contributed by atoms with Crippen LogP contribution >= 0.6 is 0 Å². The summed E-state index contributed by atoms with van der Waals surface area (Å²) in [6, 6.07) is 37.6. The van der Waals surface area contributed by atoms with Gasteiger partial charge in [0.2, 0.25) is 0 Å². The lowest BCUT2D eigenvalue weighted by Gasteiger charge is -2.32. The SMILES string of the molecule is Cc1ccc(C#C[B-](C#Cc2ccc(C)cc2)(c2ccccc2)c2ccccc2)cc1. The predicted molar refractivity (Wildman–Crippen MR) is 134 cm³/mol. The van der Waals surface area contributed by atoms with E-state index in [0.717, 1.165) is 22.1 Å². The molecule has 0 aliphatic heterocycles. The van der Waals surface area contributed by atoms with Crippen LogP contribution in [0.25, 0.3) is 0 Å². The fourth-order valence-corrected chi connectivity index (χ4v) is 3.70. The van der Waals surface area contributed by atoms with Gasteiger partial charge in [0.25, 0.3) is 0 Å². The van der Waals surface area contributed by atoms with E-state index < -0.39 is 6.15 Å². The highest BCUT2D eigenvalue weighted by Crippen LogP contribution is 2.08. The maximum Gasteiger partial charge on any atom is 0.191 e. The van der Waals surface area contributed by atoms with Crippen molar-refractivity contribution in [2.75, 3.05) is 0 Å². The summed E-state index contributed by atoms with van der Waals surface area (Å²) in [6.07, 6.45) is -1.60. The fourth-order valence-electron chi connectivity index (χ4n) is 3.70. The standard InChI is InChI=1S/C30H24B/c1-25-13-17-27(18-14-25)21-23-31(29-9-5-3-6-10-29,30-11-7-4-8-12-30)24-22-28-19-15-26(2)16-20-28/h3-20H,1-2H3/q-1. The van der Waals surface area contributed by atoms with Crippen molar-refractivity contribution in [3.63, 3.8) is 0 Å². The van der Waals surface area contributed by atoms with Gasteiger partial charge in [0.05, 0.1) is 0 Å². The Bertz CT molecular complexity index is 1160. The first-order chi connectivity index (χ1) is 15.2. The molecule has 4 aromatic carbocycles. The molecule has 31 heavy (non-hydrogen) atoms. The number of hydrogen-bond acceptors (Lipinski definition) is 0. The van der Waals surface area contributed by atoms with Gasteiger partial charge in [-0.15, -0.1) is 11.8 Å². The van der Waals surface area contributed by atoms with E-state index in [2.05, 4.69) is 134 Å². The second-order valence-electron chi connectivity index (χ2n) is 7.96. The first-order valence-corrected chi connectivity index (χ1v) is 10.6. The van der Waals surface area contributed by atoms with Gasteiger partial charge in [-0.25, -0.2) is 0 Å². The van der Waals surface area contributed by atoms with Crippen molar-refractivity contribution in [2.45, 2.75) is 13.8 Å². The maximum absolute atomic E-state index is 3.62. The van der Waals surface area contributed by atoms with E-state index in [1.165, 1.54) is 11.1 Å². The number of aryl methyl sites for hydroxylation is 2. The van der Waals surface area contributed by atoms with E-state index in [9.17, 15) is 0 Å². The molecule has 4 aromatic rings. The Labute approximate surface area is 185 Å². The summed E-state index contributed by atoms with van der Waals surface area (Å²) in [4.78, 5) is 0. The van der Waals surface area contributed by atoms with Gasteiger partial charge < -0.3 is 0 Å². The first-order valence-electron chi connectivity index (χ1n) is 10.6. The second kappa shape index (κ2) is 9.25. The van der Waals surface area contributed by atoms with Gasteiger partial charge in [0, 0.05) is 11.1 Å². The van der Waals surface area contributed by atoms with Crippen molar-refractivity contribution in [1.82, 2.24) is 0 Å². The summed E-state index contributed by atoms with van der Waals surface area (Å²) in [5.41, 5.74) is 6.72. The zero-order valence-corrected chi connectivity index (χ0v) is 18.0. The molecule has 0 unspecified atom stereocenters.